The highest BCUT2D eigenvalue weighted by atomic mass is 16.1. The third-order valence-corrected chi connectivity index (χ3v) is 3.33. The summed E-state index contributed by atoms with van der Waals surface area (Å²) in [5, 5.41) is 6.35. The van der Waals surface area contributed by atoms with Crippen molar-refractivity contribution >= 4 is 5.91 Å². The molecule has 1 aromatic carbocycles. The molecule has 2 atom stereocenters. The lowest BCUT2D eigenvalue weighted by atomic mass is 9.98. The average molecular weight is 232 g/mol. The molecule has 0 spiro atoms. The highest BCUT2D eigenvalue weighted by Gasteiger charge is 2.22. The molecule has 0 aromatic heterocycles. The number of benzene rings is 1. The first-order valence-corrected chi connectivity index (χ1v) is 6.33. The van der Waals surface area contributed by atoms with Gasteiger partial charge in [0.05, 0.1) is 12.0 Å². The van der Waals surface area contributed by atoms with Crippen LogP contribution in [0.5, 0.6) is 0 Å². The van der Waals surface area contributed by atoms with Gasteiger partial charge in [-0.15, -0.1) is 0 Å². The Hall–Kier alpha value is -1.35. The number of carbonyl (C=O) groups excluding carboxylic acids is 1. The maximum atomic E-state index is 12.0. The molecule has 0 radical (unpaired) electrons. The summed E-state index contributed by atoms with van der Waals surface area (Å²) < 4.78 is 0. The van der Waals surface area contributed by atoms with E-state index in [9.17, 15) is 4.79 Å². The second-order valence-corrected chi connectivity index (χ2v) is 4.68. The standard InChI is InChI=1S/C14H20N2O/c1-11(12-6-3-2-4-7-12)16-14(17)13-8-5-9-15-10-13/h2-4,6-7,11,13,15H,5,8-10H2,1H3,(H,16,17)/t11-,13?/m1/s1. The summed E-state index contributed by atoms with van der Waals surface area (Å²) in [6.07, 6.45) is 2.10. The monoisotopic (exact) mass is 232 g/mol. The molecule has 1 heterocycles. The number of rotatable bonds is 3. The molecule has 1 fully saturated rings. The summed E-state index contributed by atoms with van der Waals surface area (Å²) >= 11 is 0. The lowest BCUT2D eigenvalue weighted by Crippen LogP contribution is -2.41. The van der Waals surface area contributed by atoms with Crippen molar-refractivity contribution in [3.63, 3.8) is 0 Å². The van der Waals surface area contributed by atoms with E-state index in [0.29, 0.717) is 0 Å². The van der Waals surface area contributed by atoms with Crippen LogP contribution >= 0.6 is 0 Å². The van der Waals surface area contributed by atoms with Crippen molar-refractivity contribution in [1.29, 1.82) is 0 Å². The van der Waals surface area contributed by atoms with E-state index in [4.69, 9.17) is 0 Å². The summed E-state index contributed by atoms with van der Waals surface area (Å²) in [6.45, 7) is 3.88. The Labute approximate surface area is 103 Å². The van der Waals surface area contributed by atoms with E-state index in [1.165, 1.54) is 0 Å². The van der Waals surface area contributed by atoms with Crippen molar-refractivity contribution in [3.05, 3.63) is 35.9 Å². The Morgan fingerprint density at radius 2 is 2.18 bits per heavy atom. The Balaban J connectivity index is 1.89. The van der Waals surface area contributed by atoms with E-state index in [-0.39, 0.29) is 17.9 Å². The van der Waals surface area contributed by atoms with Crippen LogP contribution in [0.3, 0.4) is 0 Å². The molecular formula is C14H20N2O. The third kappa shape index (κ3) is 3.30. The molecular weight excluding hydrogens is 212 g/mol. The summed E-state index contributed by atoms with van der Waals surface area (Å²) in [7, 11) is 0. The van der Waals surface area contributed by atoms with Crippen LogP contribution in [0, 0.1) is 5.92 Å². The van der Waals surface area contributed by atoms with Gasteiger partial charge in [0.1, 0.15) is 0 Å². The molecule has 2 N–H and O–H groups in total. The lowest BCUT2D eigenvalue weighted by Gasteiger charge is -2.24. The molecule has 17 heavy (non-hydrogen) atoms. The van der Waals surface area contributed by atoms with E-state index in [2.05, 4.69) is 10.6 Å². The van der Waals surface area contributed by atoms with E-state index in [1.807, 2.05) is 37.3 Å². The summed E-state index contributed by atoms with van der Waals surface area (Å²) in [4.78, 5) is 12.0. The van der Waals surface area contributed by atoms with Crippen LogP contribution in [0.15, 0.2) is 30.3 Å². The predicted octanol–water partition coefficient (Wildman–Crippen LogP) is 1.86. The summed E-state index contributed by atoms with van der Waals surface area (Å²) in [6, 6.07) is 10.2. The molecule has 0 saturated carbocycles. The molecule has 1 amide bonds. The van der Waals surface area contributed by atoms with Crippen molar-refractivity contribution < 1.29 is 4.79 Å². The smallest absolute Gasteiger partial charge is 0.224 e. The molecule has 1 aliphatic rings. The number of nitrogens with one attached hydrogen (secondary N) is 2. The first-order chi connectivity index (χ1) is 8.27. The third-order valence-electron chi connectivity index (χ3n) is 3.33. The molecule has 2 rings (SSSR count). The molecule has 0 aliphatic carbocycles. The number of amides is 1. The number of hydrogen-bond acceptors (Lipinski definition) is 2. The van der Waals surface area contributed by atoms with Gasteiger partial charge in [-0.1, -0.05) is 30.3 Å². The van der Waals surface area contributed by atoms with Crippen LogP contribution in [0.1, 0.15) is 31.4 Å². The molecule has 1 unspecified atom stereocenters. The minimum absolute atomic E-state index is 0.0885. The maximum absolute atomic E-state index is 12.0. The van der Waals surface area contributed by atoms with Crippen LogP contribution in [-0.4, -0.2) is 19.0 Å². The van der Waals surface area contributed by atoms with Crippen LogP contribution in [-0.2, 0) is 4.79 Å². The lowest BCUT2D eigenvalue weighted by molar-refractivity contribution is -0.126. The second-order valence-electron chi connectivity index (χ2n) is 4.68. The van der Waals surface area contributed by atoms with Gasteiger partial charge in [-0.2, -0.15) is 0 Å². The minimum Gasteiger partial charge on any atom is -0.349 e. The van der Waals surface area contributed by atoms with Crippen molar-refractivity contribution in [2.45, 2.75) is 25.8 Å². The Morgan fingerprint density at radius 1 is 1.41 bits per heavy atom. The fraction of sp³-hybridized carbons (Fsp3) is 0.500. The summed E-state index contributed by atoms with van der Waals surface area (Å²) in [5.74, 6) is 0.309. The van der Waals surface area contributed by atoms with Gasteiger partial charge in [0.2, 0.25) is 5.91 Å². The molecule has 1 aromatic rings. The topological polar surface area (TPSA) is 41.1 Å². The molecule has 1 saturated heterocycles. The quantitative estimate of drug-likeness (QED) is 0.835. The highest BCUT2D eigenvalue weighted by molar-refractivity contribution is 5.79. The van der Waals surface area contributed by atoms with Gasteiger partial charge < -0.3 is 10.6 Å². The normalized spacial score (nSPS) is 21.8. The van der Waals surface area contributed by atoms with Gasteiger partial charge in [-0.3, -0.25) is 4.79 Å². The fourth-order valence-corrected chi connectivity index (χ4v) is 2.23. The predicted molar refractivity (Wildman–Crippen MR) is 68.6 cm³/mol. The molecule has 1 aliphatic heterocycles. The largest absolute Gasteiger partial charge is 0.349 e. The van der Waals surface area contributed by atoms with Crippen molar-refractivity contribution in [2.75, 3.05) is 13.1 Å². The molecule has 0 bridgehead atoms. The fourth-order valence-electron chi connectivity index (χ4n) is 2.23. The van der Waals surface area contributed by atoms with E-state index >= 15 is 0 Å². The van der Waals surface area contributed by atoms with Crippen molar-refractivity contribution in [2.24, 2.45) is 5.92 Å². The number of carbonyl (C=O) groups is 1. The van der Waals surface area contributed by atoms with Gasteiger partial charge >= 0.3 is 0 Å². The van der Waals surface area contributed by atoms with Crippen molar-refractivity contribution in [3.8, 4) is 0 Å². The zero-order valence-electron chi connectivity index (χ0n) is 10.3. The average Bonchev–Trinajstić information content (AvgIpc) is 2.40. The maximum Gasteiger partial charge on any atom is 0.224 e. The highest BCUT2D eigenvalue weighted by Crippen LogP contribution is 2.15. The number of hydrogen-bond donors (Lipinski definition) is 2. The first kappa shape index (κ1) is 12.1. The van der Waals surface area contributed by atoms with E-state index < -0.39 is 0 Å². The molecule has 3 heteroatoms. The zero-order valence-corrected chi connectivity index (χ0v) is 10.3. The molecule has 3 nitrogen and oxygen atoms in total. The second kappa shape index (κ2) is 5.82. The zero-order chi connectivity index (χ0) is 12.1. The minimum atomic E-state index is 0.0885. The Kier molecular flexibility index (Phi) is 4.15. The Morgan fingerprint density at radius 3 is 2.82 bits per heavy atom. The van der Waals surface area contributed by atoms with E-state index in [0.717, 1.165) is 31.5 Å². The Bertz CT molecular complexity index is 358. The van der Waals surface area contributed by atoms with Gasteiger partial charge in [-0.05, 0) is 31.9 Å². The van der Waals surface area contributed by atoms with E-state index in [1.54, 1.807) is 0 Å². The van der Waals surface area contributed by atoms with Gasteiger partial charge in [-0.25, -0.2) is 0 Å². The number of piperidine rings is 1. The van der Waals surface area contributed by atoms with Crippen LogP contribution in [0.25, 0.3) is 0 Å². The SMILES string of the molecule is C[C@@H](NC(=O)C1CCCNC1)c1ccccc1. The van der Waals surface area contributed by atoms with Crippen molar-refractivity contribution in [1.82, 2.24) is 10.6 Å². The van der Waals surface area contributed by atoms with Crippen LogP contribution in [0.4, 0.5) is 0 Å². The van der Waals surface area contributed by atoms with Gasteiger partial charge in [0, 0.05) is 6.54 Å². The van der Waals surface area contributed by atoms with Gasteiger partial charge in [0.25, 0.3) is 0 Å². The van der Waals surface area contributed by atoms with Crippen LogP contribution < -0.4 is 10.6 Å². The van der Waals surface area contributed by atoms with Crippen LogP contribution in [0.2, 0.25) is 0 Å². The van der Waals surface area contributed by atoms with Gasteiger partial charge in [0.15, 0.2) is 0 Å². The summed E-state index contributed by atoms with van der Waals surface area (Å²) in [5.41, 5.74) is 1.16. The first-order valence-electron chi connectivity index (χ1n) is 6.33. The molecule has 92 valence electrons.